The van der Waals surface area contributed by atoms with Crippen LogP contribution in [0.15, 0.2) is 47.3 Å². The Balaban J connectivity index is 2.29. The third kappa shape index (κ3) is 1.87. The van der Waals surface area contributed by atoms with Gasteiger partial charge in [-0.3, -0.25) is 4.79 Å². The molecule has 5 heteroatoms. The van der Waals surface area contributed by atoms with Gasteiger partial charge in [-0.15, -0.1) is 0 Å². The van der Waals surface area contributed by atoms with Crippen LogP contribution >= 0.6 is 11.5 Å². The third-order valence-electron chi connectivity index (χ3n) is 3.02. The highest BCUT2D eigenvalue weighted by molar-refractivity contribution is 7.14. The molecule has 0 saturated carbocycles. The summed E-state index contributed by atoms with van der Waals surface area (Å²) in [7, 11) is 1.53. The normalized spacial score (nSPS) is 10.4. The van der Waals surface area contributed by atoms with Gasteiger partial charge in [-0.25, -0.2) is 3.96 Å². The van der Waals surface area contributed by atoms with E-state index in [0.717, 1.165) is 4.70 Å². The highest BCUT2D eigenvalue weighted by Crippen LogP contribution is 2.27. The van der Waals surface area contributed by atoms with E-state index in [0.29, 0.717) is 22.4 Å². The summed E-state index contributed by atoms with van der Waals surface area (Å²) in [4.78, 5) is 12.4. The average Bonchev–Trinajstić information content (AvgIpc) is 2.84. The highest BCUT2D eigenvalue weighted by Gasteiger charge is 2.13. The molecule has 0 spiro atoms. The second-order valence-electron chi connectivity index (χ2n) is 4.19. The van der Waals surface area contributed by atoms with E-state index < -0.39 is 0 Å². The Morgan fingerprint density at radius 1 is 1.25 bits per heavy atom. The number of hydrogen-bond acceptors (Lipinski definition) is 4. The molecular weight excluding hydrogens is 272 g/mol. The monoisotopic (exact) mass is 282 g/mol. The number of nitriles is 1. The maximum atomic E-state index is 12.4. The standard InChI is InChI=1S/C15H10N2O2S/c1-19-13-8-10(9-16)6-7-12(13)17-15(18)11-4-2-3-5-14(11)20-17/h2-8H,1H3. The number of methoxy groups -OCH3 is 1. The number of fused-ring (bicyclic) bond motifs is 1. The van der Waals surface area contributed by atoms with E-state index in [-0.39, 0.29) is 5.56 Å². The minimum atomic E-state index is -0.0754. The van der Waals surface area contributed by atoms with Crippen LogP contribution in [0.3, 0.4) is 0 Å². The number of aromatic nitrogens is 1. The molecule has 0 bridgehead atoms. The van der Waals surface area contributed by atoms with Crippen molar-refractivity contribution in [3.63, 3.8) is 0 Å². The number of ether oxygens (including phenoxy) is 1. The Labute approximate surface area is 119 Å². The van der Waals surface area contributed by atoms with Crippen molar-refractivity contribution in [2.24, 2.45) is 0 Å². The molecule has 0 aliphatic carbocycles. The Morgan fingerprint density at radius 2 is 2.05 bits per heavy atom. The fourth-order valence-electron chi connectivity index (χ4n) is 2.05. The molecule has 0 aliphatic heterocycles. The van der Waals surface area contributed by atoms with Crippen molar-refractivity contribution in [2.75, 3.05) is 7.11 Å². The lowest BCUT2D eigenvalue weighted by Gasteiger charge is -2.07. The fraction of sp³-hybridized carbons (Fsp3) is 0.0667. The molecule has 0 radical (unpaired) electrons. The van der Waals surface area contributed by atoms with Crippen molar-refractivity contribution in [3.8, 4) is 17.5 Å². The van der Waals surface area contributed by atoms with E-state index >= 15 is 0 Å². The first-order valence-corrected chi connectivity index (χ1v) is 6.71. The minimum Gasteiger partial charge on any atom is -0.494 e. The van der Waals surface area contributed by atoms with E-state index in [1.807, 2.05) is 18.2 Å². The Morgan fingerprint density at radius 3 is 2.75 bits per heavy atom. The van der Waals surface area contributed by atoms with Crippen molar-refractivity contribution < 1.29 is 4.74 Å². The molecule has 0 N–H and O–H groups in total. The van der Waals surface area contributed by atoms with Gasteiger partial charge in [0.05, 0.1) is 28.8 Å². The minimum absolute atomic E-state index is 0.0754. The molecule has 3 rings (SSSR count). The van der Waals surface area contributed by atoms with Gasteiger partial charge in [-0.05, 0) is 24.3 Å². The van der Waals surface area contributed by atoms with E-state index in [2.05, 4.69) is 6.07 Å². The lowest BCUT2D eigenvalue weighted by atomic mass is 10.2. The van der Waals surface area contributed by atoms with E-state index in [9.17, 15) is 4.79 Å². The molecule has 0 fully saturated rings. The zero-order valence-electron chi connectivity index (χ0n) is 10.7. The lowest BCUT2D eigenvalue weighted by molar-refractivity contribution is 0.413. The molecule has 0 aliphatic rings. The van der Waals surface area contributed by atoms with Crippen LogP contribution in [-0.4, -0.2) is 11.1 Å². The molecule has 0 atom stereocenters. The largest absolute Gasteiger partial charge is 0.494 e. The van der Waals surface area contributed by atoms with E-state index in [1.165, 1.54) is 18.6 Å². The topological polar surface area (TPSA) is 55.0 Å². The van der Waals surface area contributed by atoms with Gasteiger partial charge < -0.3 is 4.74 Å². The van der Waals surface area contributed by atoms with E-state index in [1.54, 1.807) is 28.2 Å². The van der Waals surface area contributed by atoms with Gasteiger partial charge in [-0.1, -0.05) is 23.7 Å². The van der Waals surface area contributed by atoms with Gasteiger partial charge in [-0.2, -0.15) is 5.26 Å². The summed E-state index contributed by atoms with van der Waals surface area (Å²) in [5, 5.41) is 9.60. The fourth-order valence-corrected chi connectivity index (χ4v) is 3.07. The first kappa shape index (κ1) is 12.5. The molecular formula is C15H10N2O2S. The predicted molar refractivity (Wildman–Crippen MR) is 78.7 cm³/mol. The maximum Gasteiger partial charge on any atom is 0.273 e. The molecule has 1 heterocycles. The molecule has 20 heavy (non-hydrogen) atoms. The molecule has 0 unspecified atom stereocenters. The van der Waals surface area contributed by atoms with Crippen LogP contribution in [-0.2, 0) is 0 Å². The smallest absolute Gasteiger partial charge is 0.273 e. The van der Waals surface area contributed by atoms with Crippen molar-refractivity contribution in [2.45, 2.75) is 0 Å². The van der Waals surface area contributed by atoms with Crippen LogP contribution in [0, 0.1) is 11.3 Å². The Kier molecular flexibility index (Phi) is 3.01. The van der Waals surface area contributed by atoms with Crippen LogP contribution in [0.4, 0.5) is 0 Å². The highest BCUT2D eigenvalue weighted by atomic mass is 32.1. The van der Waals surface area contributed by atoms with Gasteiger partial charge in [0.1, 0.15) is 11.4 Å². The number of nitrogens with zero attached hydrogens (tertiary/aromatic N) is 2. The van der Waals surface area contributed by atoms with Crippen LogP contribution < -0.4 is 10.3 Å². The quantitative estimate of drug-likeness (QED) is 0.726. The second kappa shape index (κ2) is 4.83. The summed E-state index contributed by atoms with van der Waals surface area (Å²) >= 11 is 1.36. The van der Waals surface area contributed by atoms with Crippen molar-refractivity contribution in [3.05, 3.63) is 58.4 Å². The van der Waals surface area contributed by atoms with Gasteiger partial charge in [0.2, 0.25) is 0 Å². The van der Waals surface area contributed by atoms with Gasteiger partial charge >= 0.3 is 0 Å². The zero-order valence-corrected chi connectivity index (χ0v) is 11.5. The van der Waals surface area contributed by atoms with E-state index in [4.69, 9.17) is 10.00 Å². The molecule has 3 aromatic rings. The second-order valence-corrected chi connectivity index (χ2v) is 5.17. The van der Waals surface area contributed by atoms with Gasteiger partial charge in [0, 0.05) is 6.07 Å². The Bertz CT molecular complexity index is 887. The number of rotatable bonds is 2. The first-order valence-electron chi connectivity index (χ1n) is 5.94. The lowest BCUT2D eigenvalue weighted by Crippen LogP contribution is -2.11. The maximum absolute atomic E-state index is 12.4. The molecule has 2 aromatic carbocycles. The molecule has 0 saturated heterocycles. The van der Waals surface area contributed by atoms with Crippen LogP contribution in [0.25, 0.3) is 15.8 Å². The summed E-state index contributed by atoms with van der Waals surface area (Å²) in [5.41, 5.74) is 1.08. The SMILES string of the molecule is COc1cc(C#N)ccc1-n1sc2ccccc2c1=O. The molecule has 4 nitrogen and oxygen atoms in total. The summed E-state index contributed by atoms with van der Waals surface area (Å²) in [6.07, 6.45) is 0. The average molecular weight is 282 g/mol. The van der Waals surface area contributed by atoms with Crippen LogP contribution in [0.2, 0.25) is 0 Å². The number of hydrogen-bond donors (Lipinski definition) is 0. The first-order chi connectivity index (χ1) is 9.74. The van der Waals surface area contributed by atoms with Crippen LogP contribution in [0.1, 0.15) is 5.56 Å². The van der Waals surface area contributed by atoms with Crippen molar-refractivity contribution in [1.82, 2.24) is 3.96 Å². The predicted octanol–water partition coefficient (Wildman–Crippen LogP) is 2.93. The Hall–Kier alpha value is -2.58. The molecule has 1 aromatic heterocycles. The summed E-state index contributed by atoms with van der Waals surface area (Å²) in [6.45, 7) is 0. The summed E-state index contributed by atoms with van der Waals surface area (Å²) in [5.74, 6) is 0.512. The number of benzene rings is 2. The van der Waals surface area contributed by atoms with Gasteiger partial charge in [0.15, 0.2) is 0 Å². The molecule has 98 valence electrons. The summed E-state index contributed by atoms with van der Waals surface area (Å²) < 4.78 is 7.80. The third-order valence-corrected chi connectivity index (χ3v) is 4.12. The van der Waals surface area contributed by atoms with Crippen LogP contribution in [0.5, 0.6) is 5.75 Å². The summed E-state index contributed by atoms with van der Waals surface area (Å²) in [6, 6.07) is 14.6. The van der Waals surface area contributed by atoms with Crippen molar-refractivity contribution >= 4 is 21.6 Å². The zero-order chi connectivity index (χ0) is 14.1. The van der Waals surface area contributed by atoms with Crippen molar-refractivity contribution in [1.29, 1.82) is 5.26 Å². The van der Waals surface area contributed by atoms with Gasteiger partial charge in [0.25, 0.3) is 5.56 Å². The molecule has 0 amide bonds.